The van der Waals surface area contributed by atoms with E-state index in [4.69, 9.17) is 0 Å². The molecule has 90 valence electrons. The van der Waals surface area contributed by atoms with E-state index in [2.05, 4.69) is 34.6 Å². The summed E-state index contributed by atoms with van der Waals surface area (Å²) in [5, 5.41) is 0. The maximum Gasteiger partial charge on any atom is -0.0204 e. The molecule has 0 aliphatic heterocycles. The van der Waals surface area contributed by atoms with Crippen molar-refractivity contribution < 1.29 is 0 Å². The second-order valence-electron chi connectivity index (χ2n) is 8.12. The molecule has 0 aromatic heterocycles. The van der Waals surface area contributed by atoms with Gasteiger partial charge in [0.1, 0.15) is 0 Å². The van der Waals surface area contributed by atoms with Crippen molar-refractivity contribution in [2.45, 2.75) is 53.9 Å². The minimum Gasteiger partial charge on any atom is -0.0651 e. The Kier molecular flexibility index (Phi) is 1.41. The smallest absolute Gasteiger partial charge is 0.0204 e. The van der Waals surface area contributed by atoms with Gasteiger partial charge in [-0.2, -0.15) is 0 Å². The Labute approximate surface area is 100 Å². The van der Waals surface area contributed by atoms with Gasteiger partial charge < -0.3 is 0 Å². The summed E-state index contributed by atoms with van der Waals surface area (Å²) in [5.74, 6) is 5.52. The standard InChI is InChI=1S/C16H26/c1-6-9(2)15(4)10-11(15)13-12(10)16(13,5)14(3)7-8-14/h9-13H,6-8H2,1-5H3/t9?,10-,11?,12-,13?,15?,16?/m0/s1. The molecule has 0 radical (unpaired) electrons. The van der Waals surface area contributed by atoms with Crippen molar-refractivity contribution in [1.82, 2.24) is 0 Å². The van der Waals surface area contributed by atoms with E-state index in [1.165, 1.54) is 19.3 Å². The summed E-state index contributed by atoms with van der Waals surface area (Å²) < 4.78 is 0. The lowest BCUT2D eigenvalue weighted by atomic mass is 9.80. The lowest BCUT2D eigenvalue weighted by molar-refractivity contribution is 0.235. The average Bonchev–Trinajstić information content (AvgIpc) is 3.07. The van der Waals surface area contributed by atoms with Crippen LogP contribution in [0.15, 0.2) is 0 Å². The van der Waals surface area contributed by atoms with E-state index >= 15 is 0 Å². The molecule has 0 aromatic carbocycles. The molecule has 16 heavy (non-hydrogen) atoms. The summed E-state index contributed by atoms with van der Waals surface area (Å²) in [5.41, 5.74) is 2.32. The van der Waals surface area contributed by atoms with Crippen molar-refractivity contribution in [2.24, 2.45) is 45.8 Å². The topological polar surface area (TPSA) is 0 Å². The van der Waals surface area contributed by atoms with Gasteiger partial charge in [0.05, 0.1) is 0 Å². The number of hydrogen-bond donors (Lipinski definition) is 0. The van der Waals surface area contributed by atoms with Crippen molar-refractivity contribution in [3.63, 3.8) is 0 Å². The summed E-state index contributed by atoms with van der Waals surface area (Å²) in [6.07, 6.45) is 4.43. The molecule has 0 N–H and O–H groups in total. The Balaban J connectivity index is 1.56. The molecule has 0 bridgehead atoms. The third kappa shape index (κ3) is 0.703. The van der Waals surface area contributed by atoms with Gasteiger partial charge in [-0.25, -0.2) is 0 Å². The average molecular weight is 218 g/mol. The van der Waals surface area contributed by atoms with E-state index in [0.717, 1.165) is 45.8 Å². The first-order valence-corrected chi connectivity index (χ1v) is 7.43. The van der Waals surface area contributed by atoms with Crippen molar-refractivity contribution in [1.29, 1.82) is 0 Å². The highest BCUT2D eigenvalue weighted by Gasteiger charge is 2.94. The Morgan fingerprint density at radius 3 is 1.88 bits per heavy atom. The Hall–Kier alpha value is 0. The highest BCUT2D eigenvalue weighted by atomic mass is 15.0. The van der Waals surface area contributed by atoms with Gasteiger partial charge in [-0.15, -0.1) is 0 Å². The molecule has 4 fully saturated rings. The van der Waals surface area contributed by atoms with Crippen molar-refractivity contribution in [3.05, 3.63) is 0 Å². The Morgan fingerprint density at radius 2 is 1.50 bits per heavy atom. The van der Waals surface area contributed by atoms with E-state index in [0.29, 0.717) is 0 Å². The van der Waals surface area contributed by atoms with E-state index in [1.54, 1.807) is 0 Å². The molecule has 0 saturated heterocycles. The maximum atomic E-state index is 2.62. The zero-order valence-electron chi connectivity index (χ0n) is 11.5. The highest BCUT2D eigenvalue weighted by molar-refractivity contribution is 5.41. The predicted octanol–water partition coefficient (Wildman–Crippen LogP) is 4.35. The van der Waals surface area contributed by atoms with Gasteiger partial charge in [-0.1, -0.05) is 41.0 Å². The minimum absolute atomic E-state index is 0.759. The van der Waals surface area contributed by atoms with E-state index in [1.807, 2.05) is 0 Å². The molecule has 4 aliphatic carbocycles. The molecule has 0 amide bonds. The van der Waals surface area contributed by atoms with E-state index in [-0.39, 0.29) is 0 Å². The summed E-state index contributed by atoms with van der Waals surface area (Å²) in [6, 6.07) is 0. The molecule has 4 rings (SSSR count). The van der Waals surface area contributed by atoms with Crippen LogP contribution in [0.25, 0.3) is 0 Å². The number of rotatable bonds is 3. The van der Waals surface area contributed by atoms with Crippen LogP contribution in [-0.4, -0.2) is 0 Å². The number of hydrogen-bond acceptors (Lipinski definition) is 0. The van der Waals surface area contributed by atoms with Gasteiger partial charge in [0.15, 0.2) is 0 Å². The summed E-state index contributed by atoms with van der Waals surface area (Å²) >= 11 is 0. The molecular formula is C16H26. The van der Waals surface area contributed by atoms with Gasteiger partial charge in [0.2, 0.25) is 0 Å². The third-order valence-corrected chi connectivity index (χ3v) is 8.13. The molecule has 5 unspecified atom stereocenters. The monoisotopic (exact) mass is 218 g/mol. The first-order valence-electron chi connectivity index (χ1n) is 7.43. The van der Waals surface area contributed by atoms with Crippen LogP contribution in [0.2, 0.25) is 0 Å². The molecule has 0 heteroatoms. The van der Waals surface area contributed by atoms with Crippen molar-refractivity contribution in [3.8, 4) is 0 Å². The van der Waals surface area contributed by atoms with E-state index < -0.39 is 0 Å². The SMILES string of the molecule is CCC(C)C1(C)C2C3[C@H]([C@H]21)C3(C)C1(C)CC1. The van der Waals surface area contributed by atoms with Gasteiger partial charge in [0, 0.05) is 0 Å². The fourth-order valence-corrected chi connectivity index (χ4v) is 6.08. The molecular weight excluding hydrogens is 192 g/mol. The molecule has 0 heterocycles. The summed E-state index contributed by atoms with van der Waals surface area (Å²) in [4.78, 5) is 0. The summed E-state index contributed by atoms with van der Waals surface area (Å²) in [6.45, 7) is 12.6. The zero-order chi connectivity index (χ0) is 11.5. The van der Waals surface area contributed by atoms with Crippen LogP contribution in [0.3, 0.4) is 0 Å². The normalized spacial score (nSPS) is 65.1. The molecule has 4 aliphatic rings. The molecule has 4 saturated carbocycles. The zero-order valence-corrected chi connectivity index (χ0v) is 11.5. The van der Waals surface area contributed by atoms with Crippen LogP contribution >= 0.6 is 0 Å². The van der Waals surface area contributed by atoms with E-state index in [9.17, 15) is 0 Å². The van der Waals surface area contributed by atoms with Crippen LogP contribution in [0.5, 0.6) is 0 Å². The highest BCUT2D eigenvalue weighted by Crippen LogP contribution is 2.98. The Bertz CT molecular complexity index is 346. The molecule has 0 nitrogen and oxygen atoms in total. The quantitative estimate of drug-likeness (QED) is 0.660. The van der Waals surface area contributed by atoms with Gasteiger partial charge in [-0.05, 0) is 58.7 Å². The van der Waals surface area contributed by atoms with Crippen molar-refractivity contribution in [2.75, 3.05) is 0 Å². The van der Waals surface area contributed by atoms with Crippen LogP contribution in [0.1, 0.15) is 53.9 Å². The Morgan fingerprint density at radius 1 is 1.00 bits per heavy atom. The van der Waals surface area contributed by atoms with Gasteiger partial charge in [0.25, 0.3) is 0 Å². The second kappa shape index (κ2) is 2.27. The van der Waals surface area contributed by atoms with Gasteiger partial charge >= 0.3 is 0 Å². The first kappa shape index (κ1) is 9.97. The van der Waals surface area contributed by atoms with Crippen LogP contribution < -0.4 is 0 Å². The first-order chi connectivity index (χ1) is 7.43. The van der Waals surface area contributed by atoms with Crippen LogP contribution in [0, 0.1) is 45.8 Å². The number of fused-ring (bicyclic) bond motifs is 4. The fourth-order valence-electron chi connectivity index (χ4n) is 6.08. The lowest BCUT2D eigenvalue weighted by Crippen LogP contribution is -2.18. The second-order valence-corrected chi connectivity index (χ2v) is 8.12. The fraction of sp³-hybridized carbons (Fsp3) is 1.00. The largest absolute Gasteiger partial charge is 0.0651 e. The molecule has 0 spiro atoms. The molecule has 7 atom stereocenters. The lowest BCUT2D eigenvalue weighted by Gasteiger charge is -2.25. The maximum absolute atomic E-state index is 2.62. The van der Waals surface area contributed by atoms with Gasteiger partial charge in [-0.3, -0.25) is 0 Å². The van der Waals surface area contributed by atoms with Crippen LogP contribution in [-0.2, 0) is 0 Å². The summed E-state index contributed by atoms with van der Waals surface area (Å²) in [7, 11) is 0. The predicted molar refractivity (Wildman–Crippen MR) is 67.0 cm³/mol. The van der Waals surface area contributed by atoms with Crippen LogP contribution in [0.4, 0.5) is 0 Å². The third-order valence-electron chi connectivity index (χ3n) is 8.13. The molecule has 0 aromatic rings. The van der Waals surface area contributed by atoms with Crippen molar-refractivity contribution >= 4 is 0 Å². The minimum atomic E-state index is 0.759.